The lowest BCUT2D eigenvalue weighted by Gasteiger charge is -2.35. The molecule has 3 rings (SSSR count). The number of likely N-dealkylation sites (tertiary alicyclic amines) is 1. The van der Waals surface area contributed by atoms with Gasteiger partial charge in [0.2, 0.25) is 5.91 Å². The van der Waals surface area contributed by atoms with Crippen LogP contribution < -0.4 is 0 Å². The van der Waals surface area contributed by atoms with Crippen LogP contribution in [0.1, 0.15) is 31.2 Å². The standard InChI is InChI=1S/C21H29F2N3O/c22-19-15-18(16-20(23)17-19)5-6-21(27)26-13-11-25(12-14-26)10-4-9-24-7-2-1-3-8-24/h5-6,15-17H,1-4,7-14H2/b6-5+. The van der Waals surface area contributed by atoms with Crippen LogP contribution in [0.4, 0.5) is 8.78 Å². The number of piperazine rings is 1. The molecule has 148 valence electrons. The highest BCUT2D eigenvalue weighted by atomic mass is 19.1. The van der Waals surface area contributed by atoms with Crippen molar-refractivity contribution >= 4 is 12.0 Å². The molecule has 2 fully saturated rings. The second kappa shape index (κ2) is 9.95. The maximum atomic E-state index is 13.2. The van der Waals surface area contributed by atoms with Gasteiger partial charge in [0.05, 0.1) is 0 Å². The Morgan fingerprint density at radius 1 is 0.852 bits per heavy atom. The molecular weight excluding hydrogens is 348 g/mol. The Kier molecular flexibility index (Phi) is 7.35. The fraction of sp³-hybridized carbons (Fsp3) is 0.571. The lowest BCUT2D eigenvalue weighted by molar-refractivity contribution is -0.127. The van der Waals surface area contributed by atoms with Gasteiger partial charge in [0, 0.05) is 38.3 Å². The summed E-state index contributed by atoms with van der Waals surface area (Å²) in [5.41, 5.74) is 0.359. The molecule has 0 spiro atoms. The average Bonchev–Trinajstić information content (AvgIpc) is 2.67. The molecule has 0 saturated carbocycles. The lowest BCUT2D eigenvalue weighted by atomic mass is 10.1. The molecule has 2 aliphatic heterocycles. The number of halogens is 2. The maximum absolute atomic E-state index is 13.2. The highest BCUT2D eigenvalue weighted by molar-refractivity contribution is 5.91. The van der Waals surface area contributed by atoms with Crippen molar-refractivity contribution in [2.24, 2.45) is 0 Å². The van der Waals surface area contributed by atoms with Crippen molar-refractivity contribution in [1.29, 1.82) is 0 Å². The molecule has 0 aromatic heterocycles. The molecule has 1 aromatic rings. The van der Waals surface area contributed by atoms with Crippen molar-refractivity contribution in [1.82, 2.24) is 14.7 Å². The van der Waals surface area contributed by atoms with Crippen LogP contribution in [0.2, 0.25) is 0 Å². The smallest absolute Gasteiger partial charge is 0.246 e. The van der Waals surface area contributed by atoms with E-state index in [2.05, 4.69) is 9.80 Å². The van der Waals surface area contributed by atoms with Crippen LogP contribution in [0.25, 0.3) is 6.08 Å². The van der Waals surface area contributed by atoms with E-state index in [1.807, 2.05) is 0 Å². The summed E-state index contributed by atoms with van der Waals surface area (Å²) in [4.78, 5) is 19.1. The minimum Gasteiger partial charge on any atom is -0.337 e. The van der Waals surface area contributed by atoms with Gasteiger partial charge in [-0.15, -0.1) is 0 Å². The zero-order chi connectivity index (χ0) is 19.1. The Bertz CT molecular complexity index is 631. The Hall–Kier alpha value is -1.79. The topological polar surface area (TPSA) is 26.8 Å². The Morgan fingerprint density at radius 2 is 1.44 bits per heavy atom. The zero-order valence-corrected chi connectivity index (χ0v) is 15.9. The summed E-state index contributed by atoms with van der Waals surface area (Å²) in [5, 5.41) is 0. The van der Waals surface area contributed by atoms with Crippen molar-refractivity contribution in [3.63, 3.8) is 0 Å². The molecule has 0 N–H and O–H groups in total. The maximum Gasteiger partial charge on any atom is 0.246 e. The number of hydrogen-bond donors (Lipinski definition) is 0. The first-order valence-corrected chi connectivity index (χ1v) is 9.98. The summed E-state index contributed by atoms with van der Waals surface area (Å²) in [6.45, 7) is 7.90. The minimum atomic E-state index is -0.639. The SMILES string of the molecule is O=C(/C=C/c1cc(F)cc(F)c1)N1CCN(CCCN2CCCCC2)CC1. The molecule has 0 unspecified atom stereocenters. The number of rotatable bonds is 6. The van der Waals surface area contributed by atoms with E-state index in [0.717, 1.165) is 25.7 Å². The van der Waals surface area contributed by atoms with Gasteiger partial charge in [0.15, 0.2) is 0 Å². The Labute approximate surface area is 160 Å². The summed E-state index contributed by atoms with van der Waals surface area (Å²) >= 11 is 0. The molecule has 0 aliphatic carbocycles. The van der Waals surface area contributed by atoms with Crippen molar-refractivity contribution < 1.29 is 13.6 Å². The molecule has 4 nitrogen and oxygen atoms in total. The number of piperidine rings is 1. The molecule has 0 atom stereocenters. The number of hydrogen-bond acceptors (Lipinski definition) is 3. The van der Waals surface area contributed by atoms with Crippen LogP contribution in [0.5, 0.6) is 0 Å². The molecule has 2 heterocycles. The average molecular weight is 377 g/mol. The molecule has 2 aliphatic rings. The molecule has 27 heavy (non-hydrogen) atoms. The van der Waals surface area contributed by atoms with Crippen LogP contribution in [0.15, 0.2) is 24.3 Å². The van der Waals surface area contributed by atoms with Gasteiger partial charge in [-0.3, -0.25) is 9.69 Å². The van der Waals surface area contributed by atoms with E-state index in [0.29, 0.717) is 18.7 Å². The van der Waals surface area contributed by atoms with E-state index >= 15 is 0 Å². The molecule has 6 heteroatoms. The zero-order valence-electron chi connectivity index (χ0n) is 15.9. The summed E-state index contributed by atoms with van der Waals surface area (Å²) in [6.07, 6.45) is 8.08. The number of carbonyl (C=O) groups excluding carboxylic acids is 1. The summed E-state index contributed by atoms with van der Waals surface area (Å²) in [5.74, 6) is -1.38. The first kappa shape index (κ1) is 20.0. The predicted octanol–water partition coefficient (Wildman–Crippen LogP) is 3.00. The number of carbonyl (C=O) groups is 1. The van der Waals surface area contributed by atoms with Gasteiger partial charge < -0.3 is 9.80 Å². The van der Waals surface area contributed by atoms with Crippen molar-refractivity contribution in [2.75, 3.05) is 52.4 Å². The monoisotopic (exact) mass is 377 g/mol. The summed E-state index contributed by atoms with van der Waals surface area (Å²) in [6, 6.07) is 3.25. The van der Waals surface area contributed by atoms with Crippen LogP contribution in [0, 0.1) is 11.6 Å². The molecular formula is C21H29F2N3O. The molecule has 2 saturated heterocycles. The second-order valence-corrected chi connectivity index (χ2v) is 7.46. The van der Waals surface area contributed by atoms with Gasteiger partial charge in [0.1, 0.15) is 11.6 Å². The molecule has 0 radical (unpaired) electrons. The van der Waals surface area contributed by atoms with Gasteiger partial charge in [-0.25, -0.2) is 8.78 Å². The molecule has 0 bridgehead atoms. The van der Waals surface area contributed by atoms with Crippen LogP contribution in [-0.2, 0) is 4.79 Å². The van der Waals surface area contributed by atoms with E-state index in [1.165, 1.54) is 69.6 Å². The van der Waals surface area contributed by atoms with E-state index < -0.39 is 11.6 Å². The van der Waals surface area contributed by atoms with Crippen molar-refractivity contribution in [3.8, 4) is 0 Å². The highest BCUT2D eigenvalue weighted by Crippen LogP contribution is 2.12. The third kappa shape index (κ3) is 6.40. The predicted molar refractivity (Wildman–Crippen MR) is 103 cm³/mol. The fourth-order valence-electron chi connectivity index (χ4n) is 3.84. The first-order valence-electron chi connectivity index (χ1n) is 9.98. The van der Waals surface area contributed by atoms with E-state index in [9.17, 15) is 13.6 Å². The highest BCUT2D eigenvalue weighted by Gasteiger charge is 2.19. The molecule has 1 aromatic carbocycles. The Balaban J connectivity index is 1.37. The number of benzene rings is 1. The Morgan fingerprint density at radius 3 is 2.07 bits per heavy atom. The van der Waals surface area contributed by atoms with Crippen LogP contribution >= 0.6 is 0 Å². The van der Waals surface area contributed by atoms with Crippen molar-refractivity contribution in [2.45, 2.75) is 25.7 Å². The quantitative estimate of drug-likeness (QED) is 0.713. The van der Waals surface area contributed by atoms with E-state index in [4.69, 9.17) is 0 Å². The third-order valence-corrected chi connectivity index (χ3v) is 5.38. The summed E-state index contributed by atoms with van der Waals surface area (Å²) in [7, 11) is 0. The second-order valence-electron chi connectivity index (χ2n) is 7.46. The minimum absolute atomic E-state index is 0.104. The van der Waals surface area contributed by atoms with Crippen molar-refractivity contribution in [3.05, 3.63) is 41.5 Å². The largest absolute Gasteiger partial charge is 0.337 e. The summed E-state index contributed by atoms with van der Waals surface area (Å²) < 4.78 is 26.4. The number of nitrogens with zero attached hydrogens (tertiary/aromatic N) is 3. The van der Waals surface area contributed by atoms with E-state index in [-0.39, 0.29) is 5.91 Å². The normalized spacial score (nSPS) is 19.7. The van der Waals surface area contributed by atoms with Gasteiger partial charge in [-0.2, -0.15) is 0 Å². The van der Waals surface area contributed by atoms with Gasteiger partial charge >= 0.3 is 0 Å². The van der Waals surface area contributed by atoms with Gasteiger partial charge in [-0.1, -0.05) is 6.42 Å². The first-order chi connectivity index (χ1) is 13.1. The molecule has 1 amide bonds. The lowest BCUT2D eigenvalue weighted by Crippen LogP contribution is -2.48. The van der Waals surface area contributed by atoms with Crippen LogP contribution in [-0.4, -0.2) is 73.0 Å². The fourth-order valence-corrected chi connectivity index (χ4v) is 3.84. The third-order valence-electron chi connectivity index (χ3n) is 5.38. The van der Waals surface area contributed by atoms with Gasteiger partial charge in [0.25, 0.3) is 0 Å². The van der Waals surface area contributed by atoms with Gasteiger partial charge in [-0.05, 0) is 69.2 Å². The van der Waals surface area contributed by atoms with E-state index in [1.54, 1.807) is 4.90 Å². The number of amides is 1. The van der Waals surface area contributed by atoms with Crippen LogP contribution in [0.3, 0.4) is 0 Å².